The van der Waals surface area contributed by atoms with Crippen LogP contribution in [0.5, 0.6) is 0 Å². The van der Waals surface area contributed by atoms with Crippen LogP contribution in [0, 0.1) is 18.4 Å². The van der Waals surface area contributed by atoms with Crippen LogP contribution in [0.15, 0.2) is 17.5 Å². The van der Waals surface area contributed by atoms with Gasteiger partial charge >= 0.3 is 0 Å². The van der Waals surface area contributed by atoms with Gasteiger partial charge in [0.1, 0.15) is 13.8 Å². The van der Waals surface area contributed by atoms with E-state index in [2.05, 4.69) is 41.1 Å². The number of aromatic nitrogens is 2. The molecule has 2 heterocycles. The summed E-state index contributed by atoms with van der Waals surface area (Å²) in [5.74, 6) is 3.58. The molecule has 0 radical (unpaired) electrons. The molecule has 2 rings (SSSR count). The zero-order chi connectivity index (χ0) is 14.0. The fraction of sp³-hybridized carbons (Fsp3) is 0.286. The molecule has 0 aliphatic carbocycles. The Labute approximate surface area is 118 Å². The second-order valence-corrected chi connectivity index (χ2v) is 11.1. The van der Waals surface area contributed by atoms with Gasteiger partial charge < -0.3 is 5.73 Å². The van der Waals surface area contributed by atoms with Gasteiger partial charge in [0.05, 0.1) is 16.1 Å². The lowest BCUT2D eigenvalue weighted by atomic mass is 10.1. The minimum atomic E-state index is -1.43. The van der Waals surface area contributed by atoms with Crippen LogP contribution in [0.1, 0.15) is 11.3 Å². The summed E-state index contributed by atoms with van der Waals surface area (Å²) in [4.78, 5) is 9.68. The van der Waals surface area contributed by atoms with Gasteiger partial charge in [-0.05, 0) is 18.4 Å². The summed E-state index contributed by atoms with van der Waals surface area (Å²) >= 11 is 1.64. The van der Waals surface area contributed by atoms with Crippen LogP contribution in [-0.4, -0.2) is 18.0 Å². The second kappa shape index (κ2) is 5.15. The molecule has 0 unspecified atom stereocenters. The fourth-order valence-corrected chi connectivity index (χ4v) is 2.81. The first-order valence-electron chi connectivity index (χ1n) is 6.08. The standard InChI is InChI=1S/C14H17N3SSi/c1-10-11(7-9-19(2,3)4)13(17-14(15)16-10)12-6-5-8-18-12/h5-6,8H,1-4H3,(H2,15,16,17). The molecule has 0 spiro atoms. The maximum atomic E-state index is 5.76. The van der Waals surface area contributed by atoms with Crippen molar-refractivity contribution in [2.75, 3.05) is 5.73 Å². The minimum Gasteiger partial charge on any atom is -0.368 e. The summed E-state index contributed by atoms with van der Waals surface area (Å²) in [5.41, 5.74) is 11.7. The highest BCUT2D eigenvalue weighted by atomic mass is 32.1. The summed E-state index contributed by atoms with van der Waals surface area (Å²) in [5, 5.41) is 2.03. The minimum absolute atomic E-state index is 0.305. The third-order valence-electron chi connectivity index (χ3n) is 2.42. The molecule has 0 aliphatic rings. The predicted octanol–water partition coefficient (Wildman–Crippen LogP) is 3.32. The lowest BCUT2D eigenvalue weighted by Gasteiger charge is -2.08. The Kier molecular flexibility index (Phi) is 3.74. The monoisotopic (exact) mass is 287 g/mol. The smallest absolute Gasteiger partial charge is 0.220 e. The number of nitrogen functional groups attached to an aromatic ring is 1. The normalized spacial score (nSPS) is 10.9. The van der Waals surface area contributed by atoms with E-state index in [9.17, 15) is 0 Å². The molecular formula is C14H17N3SSi. The zero-order valence-electron chi connectivity index (χ0n) is 11.6. The van der Waals surface area contributed by atoms with E-state index in [1.807, 2.05) is 24.4 Å². The van der Waals surface area contributed by atoms with E-state index in [0.29, 0.717) is 5.95 Å². The van der Waals surface area contributed by atoms with Crippen molar-refractivity contribution in [1.82, 2.24) is 9.97 Å². The highest BCUT2D eigenvalue weighted by molar-refractivity contribution is 7.13. The highest BCUT2D eigenvalue weighted by Crippen LogP contribution is 2.27. The van der Waals surface area contributed by atoms with Gasteiger partial charge in [0.25, 0.3) is 0 Å². The molecule has 2 aromatic heterocycles. The van der Waals surface area contributed by atoms with E-state index in [4.69, 9.17) is 5.73 Å². The lowest BCUT2D eigenvalue weighted by Crippen LogP contribution is -2.16. The molecule has 0 bridgehead atoms. The number of thiophene rings is 1. The Balaban J connectivity index is 2.62. The van der Waals surface area contributed by atoms with Crippen LogP contribution in [0.3, 0.4) is 0 Å². The number of nitrogens with zero attached hydrogens (tertiary/aromatic N) is 2. The maximum absolute atomic E-state index is 5.76. The first kappa shape index (κ1) is 13.8. The Morgan fingerprint density at radius 3 is 2.58 bits per heavy atom. The van der Waals surface area contributed by atoms with E-state index in [1.165, 1.54) is 0 Å². The molecule has 2 aromatic rings. The molecule has 3 nitrogen and oxygen atoms in total. The van der Waals surface area contributed by atoms with Crippen molar-refractivity contribution in [2.24, 2.45) is 0 Å². The number of aryl methyl sites for hydroxylation is 1. The number of hydrogen-bond acceptors (Lipinski definition) is 4. The Morgan fingerprint density at radius 2 is 2.00 bits per heavy atom. The molecule has 98 valence electrons. The summed E-state index contributed by atoms with van der Waals surface area (Å²) < 4.78 is 0. The van der Waals surface area contributed by atoms with E-state index in [1.54, 1.807) is 11.3 Å². The molecule has 5 heteroatoms. The Bertz CT molecular complexity index is 646. The van der Waals surface area contributed by atoms with E-state index in [-0.39, 0.29) is 0 Å². The van der Waals surface area contributed by atoms with Gasteiger partial charge in [-0.25, -0.2) is 9.97 Å². The third-order valence-corrected chi connectivity index (χ3v) is 4.18. The van der Waals surface area contributed by atoms with Crippen LogP contribution < -0.4 is 5.73 Å². The lowest BCUT2D eigenvalue weighted by molar-refractivity contribution is 1.11. The van der Waals surface area contributed by atoms with Gasteiger partial charge in [-0.1, -0.05) is 31.6 Å². The quantitative estimate of drug-likeness (QED) is 0.646. The number of hydrogen-bond donors (Lipinski definition) is 1. The van der Waals surface area contributed by atoms with Crippen molar-refractivity contribution in [3.63, 3.8) is 0 Å². The van der Waals surface area contributed by atoms with Gasteiger partial charge in [-0.15, -0.1) is 16.9 Å². The molecule has 0 atom stereocenters. The fourth-order valence-electron chi connectivity index (χ4n) is 1.59. The van der Waals surface area contributed by atoms with E-state index in [0.717, 1.165) is 21.8 Å². The van der Waals surface area contributed by atoms with E-state index < -0.39 is 8.07 Å². The van der Waals surface area contributed by atoms with E-state index >= 15 is 0 Å². The Hall–Kier alpha value is -1.64. The van der Waals surface area contributed by atoms with Gasteiger partial charge in [0.2, 0.25) is 5.95 Å². The molecule has 0 saturated heterocycles. The molecular weight excluding hydrogens is 270 g/mol. The molecule has 19 heavy (non-hydrogen) atoms. The molecule has 0 aromatic carbocycles. The van der Waals surface area contributed by atoms with Crippen molar-refractivity contribution in [3.05, 3.63) is 28.8 Å². The van der Waals surface area contributed by atoms with Crippen LogP contribution in [0.2, 0.25) is 19.6 Å². The highest BCUT2D eigenvalue weighted by Gasteiger charge is 2.13. The van der Waals surface area contributed by atoms with Crippen LogP contribution in [0.4, 0.5) is 5.95 Å². The largest absolute Gasteiger partial charge is 0.368 e. The van der Waals surface area contributed by atoms with Gasteiger partial charge in [-0.2, -0.15) is 0 Å². The molecule has 0 saturated carbocycles. The van der Waals surface area contributed by atoms with Crippen LogP contribution >= 0.6 is 11.3 Å². The van der Waals surface area contributed by atoms with Gasteiger partial charge in [0, 0.05) is 0 Å². The number of nitrogens with two attached hydrogens (primary N) is 1. The van der Waals surface area contributed by atoms with Crippen molar-refractivity contribution in [1.29, 1.82) is 0 Å². The van der Waals surface area contributed by atoms with Crippen molar-refractivity contribution < 1.29 is 0 Å². The predicted molar refractivity (Wildman–Crippen MR) is 84.7 cm³/mol. The summed E-state index contributed by atoms with van der Waals surface area (Å²) in [7, 11) is -1.43. The SMILES string of the molecule is Cc1nc(N)nc(-c2cccs2)c1C#C[Si](C)(C)C. The number of anilines is 1. The van der Waals surface area contributed by atoms with Crippen molar-refractivity contribution in [3.8, 4) is 22.0 Å². The van der Waals surface area contributed by atoms with Crippen LogP contribution in [0.25, 0.3) is 10.6 Å². The average molecular weight is 287 g/mol. The first-order chi connectivity index (χ1) is 8.87. The summed E-state index contributed by atoms with van der Waals surface area (Å²) in [6, 6.07) is 4.04. The Morgan fingerprint density at radius 1 is 1.26 bits per heavy atom. The topological polar surface area (TPSA) is 51.8 Å². The van der Waals surface area contributed by atoms with Gasteiger partial charge in [-0.3, -0.25) is 0 Å². The molecule has 2 N–H and O–H groups in total. The van der Waals surface area contributed by atoms with Crippen molar-refractivity contribution in [2.45, 2.75) is 26.6 Å². The van der Waals surface area contributed by atoms with Crippen molar-refractivity contribution >= 4 is 25.4 Å². The molecule has 0 aliphatic heterocycles. The van der Waals surface area contributed by atoms with Crippen LogP contribution in [-0.2, 0) is 0 Å². The number of rotatable bonds is 1. The third kappa shape index (κ3) is 3.43. The summed E-state index contributed by atoms with van der Waals surface area (Å²) in [6.07, 6.45) is 0. The maximum Gasteiger partial charge on any atom is 0.220 e. The molecule has 0 fully saturated rings. The second-order valence-electron chi connectivity index (χ2n) is 5.37. The van der Waals surface area contributed by atoms with Gasteiger partial charge in [0.15, 0.2) is 0 Å². The molecule has 0 amide bonds. The first-order valence-corrected chi connectivity index (χ1v) is 10.5. The zero-order valence-corrected chi connectivity index (χ0v) is 13.4. The average Bonchev–Trinajstić information content (AvgIpc) is 2.78. The summed E-state index contributed by atoms with van der Waals surface area (Å²) in [6.45, 7) is 8.60.